The van der Waals surface area contributed by atoms with E-state index in [1.165, 1.54) is 0 Å². The predicted octanol–water partition coefficient (Wildman–Crippen LogP) is 1.97. The van der Waals surface area contributed by atoms with Crippen LogP contribution in [0, 0.1) is 0 Å². The molecular weight excluding hydrogens is 240 g/mol. The molecule has 0 radical (unpaired) electrons. The maximum absolute atomic E-state index is 5.15. The Morgan fingerprint density at radius 2 is 1.95 bits per heavy atom. The second-order valence-electron chi connectivity index (χ2n) is 4.12. The Labute approximate surface area is 113 Å². The SMILES string of the molecule is CNCc1nccc(N(C)c2ccc(OC)cc2)n1. The normalized spacial score (nSPS) is 10.3. The molecule has 2 aromatic rings. The number of nitrogens with zero attached hydrogens (tertiary/aromatic N) is 3. The molecule has 0 amide bonds. The molecule has 0 spiro atoms. The van der Waals surface area contributed by atoms with Crippen molar-refractivity contribution < 1.29 is 4.74 Å². The highest BCUT2D eigenvalue weighted by Crippen LogP contribution is 2.23. The second-order valence-corrected chi connectivity index (χ2v) is 4.12. The average Bonchev–Trinajstić information content (AvgIpc) is 2.47. The van der Waals surface area contributed by atoms with E-state index in [-0.39, 0.29) is 0 Å². The summed E-state index contributed by atoms with van der Waals surface area (Å²) in [5.74, 6) is 2.49. The fourth-order valence-corrected chi connectivity index (χ4v) is 1.76. The third kappa shape index (κ3) is 3.20. The van der Waals surface area contributed by atoms with Gasteiger partial charge in [-0.1, -0.05) is 0 Å². The van der Waals surface area contributed by atoms with E-state index in [9.17, 15) is 0 Å². The Morgan fingerprint density at radius 3 is 2.58 bits per heavy atom. The molecule has 0 saturated heterocycles. The molecule has 0 aliphatic carbocycles. The van der Waals surface area contributed by atoms with Gasteiger partial charge in [0.2, 0.25) is 0 Å². The predicted molar refractivity (Wildman–Crippen MR) is 75.9 cm³/mol. The van der Waals surface area contributed by atoms with E-state index < -0.39 is 0 Å². The van der Waals surface area contributed by atoms with Crippen molar-refractivity contribution in [3.05, 3.63) is 42.4 Å². The van der Waals surface area contributed by atoms with Crippen molar-refractivity contribution in [3.63, 3.8) is 0 Å². The van der Waals surface area contributed by atoms with Crippen molar-refractivity contribution in [2.24, 2.45) is 0 Å². The van der Waals surface area contributed by atoms with Crippen molar-refractivity contribution in [2.45, 2.75) is 6.54 Å². The van der Waals surface area contributed by atoms with Crippen LogP contribution in [0.4, 0.5) is 11.5 Å². The van der Waals surface area contributed by atoms with E-state index in [0.29, 0.717) is 6.54 Å². The van der Waals surface area contributed by atoms with Crippen molar-refractivity contribution in [1.29, 1.82) is 0 Å². The zero-order valence-corrected chi connectivity index (χ0v) is 11.4. The first kappa shape index (κ1) is 13.3. The van der Waals surface area contributed by atoms with Crippen LogP contribution in [0.3, 0.4) is 0 Å². The van der Waals surface area contributed by atoms with Crippen molar-refractivity contribution in [1.82, 2.24) is 15.3 Å². The summed E-state index contributed by atoms with van der Waals surface area (Å²) in [6, 6.07) is 9.75. The Bertz CT molecular complexity index is 527. The van der Waals surface area contributed by atoms with Crippen LogP contribution in [-0.2, 0) is 6.54 Å². The van der Waals surface area contributed by atoms with Gasteiger partial charge in [-0.05, 0) is 37.4 Å². The smallest absolute Gasteiger partial charge is 0.144 e. The monoisotopic (exact) mass is 258 g/mol. The van der Waals surface area contributed by atoms with E-state index in [4.69, 9.17) is 4.74 Å². The summed E-state index contributed by atoms with van der Waals surface area (Å²) in [5.41, 5.74) is 1.05. The molecule has 0 aliphatic rings. The molecule has 2 rings (SSSR count). The van der Waals surface area contributed by atoms with Crippen molar-refractivity contribution >= 4 is 11.5 Å². The number of nitrogens with one attached hydrogen (secondary N) is 1. The minimum Gasteiger partial charge on any atom is -0.497 e. The molecule has 1 N–H and O–H groups in total. The number of hydrogen-bond acceptors (Lipinski definition) is 5. The molecule has 19 heavy (non-hydrogen) atoms. The van der Waals surface area contributed by atoms with Gasteiger partial charge >= 0.3 is 0 Å². The highest BCUT2D eigenvalue weighted by Gasteiger charge is 2.06. The molecule has 5 heteroatoms. The van der Waals surface area contributed by atoms with Crippen molar-refractivity contribution in [3.8, 4) is 5.75 Å². The lowest BCUT2D eigenvalue weighted by Gasteiger charge is -2.18. The number of aromatic nitrogens is 2. The molecule has 1 aromatic heterocycles. The van der Waals surface area contributed by atoms with Gasteiger partial charge in [-0.25, -0.2) is 9.97 Å². The molecule has 0 saturated carbocycles. The Balaban J connectivity index is 2.22. The Hall–Kier alpha value is -2.14. The highest BCUT2D eigenvalue weighted by molar-refractivity contribution is 5.59. The third-order valence-electron chi connectivity index (χ3n) is 2.83. The van der Waals surface area contributed by atoms with Gasteiger partial charge in [0.05, 0.1) is 13.7 Å². The van der Waals surface area contributed by atoms with Crippen LogP contribution in [0.15, 0.2) is 36.5 Å². The van der Waals surface area contributed by atoms with Gasteiger partial charge in [0.25, 0.3) is 0 Å². The van der Waals surface area contributed by atoms with E-state index in [0.717, 1.165) is 23.1 Å². The van der Waals surface area contributed by atoms with E-state index >= 15 is 0 Å². The molecule has 1 heterocycles. The fourth-order valence-electron chi connectivity index (χ4n) is 1.76. The molecule has 0 bridgehead atoms. The fraction of sp³-hybridized carbons (Fsp3) is 0.286. The summed E-state index contributed by atoms with van der Waals surface area (Å²) in [6.45, 7) is 0.657. The van der Waals surface area contributed by atoms with Crippen molar-refractivity contribution in [2.75, 3.05) is 26.1 Å². The number of benzene rings is 1. The number of hydrogen-bond donors (Lipinski definition) is 1. The Morgan fingerprint density at radius 1 is 1.21 bits per heavy atom. The first-order valence-electron chi connectivity index (χ1n) is 6.09. The average molecular weight is 258 g/mol. The van der Waals surface area contributed by atoms with E-state index in [1.54, 1.807) is 13.3 Å². The number of methoxy groups -OCH3 is 1. The molecule has 100 valence electrons. The molecule has 1 aromatic carbocycles. The summed E-state index contributed by atoms with van der Waals surface area (Å²) in [4.78, 5) is 10.7. The molecule has 0 fully saturated rings. The summed E-state index contributed by atoms with van der Waals surface area (Å²) in [7, 11) is 5.52. The molecule has 5 nitrogen and oxygen atoms in total. The molecule has 0 aliphatic heterocycles. The van der Waals surface area contributed by atoms with Gasteiger partial charge in [-0.3, -0.25) is 0 Å². The molecular formula is C14H18N4O. The highest BCUT2D eigenvalue weighted by atomic mass is 16.5. The second kappa shape index (κ2) is 6.15. The quantitative estimate of drug-likeness (QED) is 0.888. The first-order valence-corrected chi connectivity index (χ1v) is 6.09. The van der Waals surface area contributed by atoms with Crippen LogP contribution in [-0.4, -0.2) is 31.2 Å². The summed E-state index contributed by atoms with van der Waals surface area (Å²) >= 11 is 0. The Kier molecular flexibility index (Phi) is 4.30. The summed E-state index contributed by atoms with van der Waals surface area (Å²) < 4.78 is 5.15. The summed E-state index contributed by atoms with van der Waals surface area (Å²) in [5, 5.41) is 3.04. The minimum atomic E-state index is 0.657. The standard InChI is InChI=1S/C14H18N4O/c1-15-10-13-16-9-8-14(17-13)18(2)11-4-6-12(19-3)7-5-11/h4-9,15H,10H2,1-3H3. The van der Waals surface area contributed by atoms with Crippen LogP contribution in [0.2, 0.25) is 0 Å². The summed E-state index contributed by atoms with van der Waals surface area (Å²) in [6.07, 6.45) is 1.77. The largest absolute Gasteiger partial charge is 0.497 e. The third-order valence-corrected chi connectivity index (χ3v) is 2.83. The first-order chi connectivity index (χ1) is 9.24. The van der Waals surface area contributed by atoms with Crippen LogP contribution in [0.25, 0.3) is 0 Å². The van der Waals surface area contributed by atoms with Gasteiger partial charge in [-0.2, -0.15) is 0 Å². The van der Waals surface area contributed by atoms with Gasteiger partial charge in [0, 0.05) is 18.9 Å². The lowest BCUT2D eigenvalue weighted by molar-refractivity contribution is 0.415. The number of anilines is 2. The zero-order chi connectivity index (χ0) is 13.7. The van der Waals surface area contributed by atoms with Crippen LogP contribution < -0.4 is 15.0 Å². The number of rotatable bonds is 5. The van der Waals surface area contributed by atoms with E-state index in [1.807, 2.05) is 49.3 Å². The lowest BCUT2D eigenvalue weighted by atomic mass is 10.3. The zero-order valence-electron chi connectivity index (χ0n) is 11.4. The van der Waals surface area contributed by atoms with Crippen LogP contribution in [0.1, 0.15) is 5.82 Å². The maximum Gasteiger partial charge on any atom is 0.144 e. The number of ether oxygens (including phenoxy) is 1. The van der Waals surface area contributed by atoms with Gasteiger partial charge < -0.3 is 15.0 Å². The van der Waals surface area contributed by atoms with E-state index in [2.05, 4.69) is 15.3 Å². The van der Waals surface area contributed by atoms with Gasteiger partial charge in [-0.15, -0.1) is 0 Å². The minimum absolute atomic E-state index is 0.657. The van der Waals surface area contributed by atoms with Gasteiger partial charge in [0.15, 0.2) is 0 Å². The lowest BCUT2D eigenvalue weighted by Crippen LogP contribution is -2.15. The molecule has 0 unspecified atom stereocenters. The topological polar surface area (TPSA) is 50.3 Å². The van der Waals surface area contributed by atoms with Crippen LogP contribution >= 0.6 is 0 Å². The molecule has 0 atom stereocenters. The van der Waals surface area contributed by atoms with Gasteiger partial charge in [0.1, 0.15) is 17.4 Å². The maximum atomic E-state index is 5.15. The van der Waals surface area contributed by atoms with Crippen LogP contribution in [0.5, 0.6) is 5.75 Å².